The van der Waals surface area contributed by atoms with Crippen molar-refractivity contribution in [3.05, 3.63) is 64.2 Å². The molecule has 0 fully saturated rings. The summed E-state index contributed by atoms with van der Waals surface area (Å²) in [4.78, 5) is 2.24. The minimum Gasteiger partial charge on any atom is -0.370 e. The molecule has 0 saturated heterocycles. The van der Waals surface area contributed by atoms with Crippen molar-refractivity contribution in [2.45, 2.75) is 18.8 Å². The van der Waals surface area contributed by atoms with E-state index in [0.717, 1.165) is 16.9 Å². The quantitative estimate of drug-likeness (QED) is 0.694. The lowest BCUT2D eigenvalue weighted by Crippen LogP contribution is -2.18. The van der Waals surface area contributed by atoms with Crippen molar-refractivity contribution in [1.82, 2.24) is 0 Å². The highest BCUT2D eigenvalue weighted by Gasteiger charge is 2.09. The number of hydrogen-bond acceptors (Lipinski definition) is 1. The van der Waals surface area contributed by atoms with Crippen LogP contribution < -0.4 is 4.90 Å². The van der Waals surface area contributed by atoms with Crippen LogP contribution in [0.4, 0.5) is 5.69 Å². The summed E-state index contributed by atoms with van der Waals surface area (Å²) < 4.78 is 0. The summed E-state index contributed by atoms with van der Waals surface area (Å²) in [5.41, 5.74) is 5.08. The standard InChI is InChI=1S/C16H17BrClN/c1-12-5-3-4-6-14(12)11-19(2)16-9-15(18)8-7-13(16)10-17/h3-9H,10-11H2,1-2H3. The number of alkyl halides is 1. The second-order valence-corrected chi connectivity index (χ2v) is 5.69. The van der Waals surface area contributed by atoms with E-state index in [1.165, 1.54) is 22.4 Å². The zero-order valence-electron chi connectivity index (χ0n) is 11.2. The molecule has 0 heterocycles. The number of halogens is 2. The first-order valence-electron chi connectivity index (χ1n) is 6.22. The molecule has 0 aliphatic carbocycles. The molecular formula is C16H17BrClN. The summed E-state index contributed by atoms with van der Waals surface area (Å²) in [7, 11) is 2.10. The van der Waals surface area contributed by atoms with Gasteiger partial charge in [0.25, 0.3) is 0 Å². The van der Waals surface area contributed by atoms with Crippen LogP contribution in [0.1, 0.15) is 16.7 Å². The van der Waals surface area contributed by atoms with Gasteiger partial charge in [0.15, 0.2) is 0 Å². The summed E-state index contributed by atoms with van der Waals surface area (Å²) in [6.45, 7) is 3.03. The third kappa shape index (κ3) is 3.52. The molecular weight excluding hydrogens is 322 g/mol. The SMILES string of the molecule is Cc1ccccc1CN(C)c1cc(Cl)ccc1CBr. The van der Waals surface area contributed by atoms with Crippen LogP contribution in [-0.4, -0.2) is 7.05 Å². The number of nitrogens with zero attached hydrogens (tertiary/aromatic N) is 1. The van der Waals surface area contributed by atoms with Crippen molar-refractivity contribution >= 4 is 33.2 Å². The Bertz CT molecular complexity index is 568. The van der Waals surface area contributed by atoms with Crippen molar-refractivity contribution in [3.8, 4) is 0 Å². The van der Waals surface area contributed by atoms with Gasteiger partial charge >= 0.3 is 0 Å². The molecule has 0 bridgehead atoms. The van der Waals surface area contributed by atoms with Gasteiger partial charge in [-0.05, 0) is 35.7 Å². The fourth-order valence-electron chi connectivity index (χ4n) is 2.13. The Hall–Kier alpha value is -0.990. The van der Waals surface area contributed by atoms with Gasteiger partial charge in [-0.3, -0.25) is 0 Å². The molecule has 0 unspecified atom stereocenters. The first kappa shape index (κ1) is 14.4. The molecule has 0 atom stereocenters. The second-order valence-electron chi connectivity index (χ2n) is 4.69. The van der Waals surface area contributed by atoms with Gasteiger partial charge < -0.3 is 4.90 Å². The molecule has 2 rings (SSSR count). The Morgan fingerprint density at radius 1 is 1.11 bits per heavy atom. The highest BCUT2D eigenvalue weighted by atomic mass is 79.9. The van der Waals surface area contributed by atoms with Gasteiger partial charge in [-0.1, -0.05) is 57.9 Å². The lowest BCUT2D eigenvalue weighted by atomic mass is 10.1. The van der Waals surface area contributed by atoms with Crippen LogP contribution in [0.2, 0.25) is 5.02 Å². The van der Waals surface area contributed by atoms with Crippen molar-refractivity contribution in [2.75, 3.05) is 11.9 Å². The van der Waals surface area contributed by atoms with E-state index in [2.05, 4.69) is 65.1 Å². The molecule has 0 aliphatic rings. The van der Waals surface area contributed by atoms with Crippen molar-refractivity contribution in [3.63, 3.8) is 0 Å². The topological polar surface area (TPSA) is 3.24 Å². The second kappa shape index (κ2) is 6.44. The van der Waals surface area contributed by atoms with Crippen LogP contribution in [0.3, 0.4) is 0 Å². The zero-order chi connectivity index (χ0) is 13.8. The summed E-state index contributed by atoms with van der Waals surface area (Å²) in [6, 6.07) is 14.5. The Morgan fingerprint density at radius 2 is 1.84 bits per heavy atom. The number of aryl methyl sites for hydroxylation is 1. The third-order valence-electron chi connectivity index (χ3n) is 3.27. The van der Waals surface area contributed by atoms with Gasteiger partial charge in [0.05, 0.1) is 0 Å². The first-order chi connectivity index (χ1) is 9.11. The summed E-state index contributed by atoms with van der Waals surface area (Å²) >= 11 is 9.64. The Labute approximate surface area is 128 Å². The summed E-state index contributed by atoms with van der Waals surface area (Å²) in [5, 5.41) is 1.61. The maximum atomic E-state index is 6.11. The van der Waals surface area contributed by atoms with Gasteiger partial charge in [-0.15, -0.1) is 0 Å². The molecule has 2 aromatic rings. The number of hydrogen-bond donors (Lipinski definition) is 0. The van der Waals surface area contributed by atoms with Gasteiger partial charge in [0, 0.05) is 29.6 Å². The molecule has 0 amide bonds. The van der Waals surface area contributed by atoms with Gasteiger partial charge in [-0.2, -0.15) is 0 Å². The van der Waals surface area contributed by atoms with Gasteiger partial charge in [-0.25, -0.2) is 0 Å². The fraction of sp³-hybridized carbons (Fsp3) is 0.250. The molecule has 2 aromatic carbocycles. The van der Waals surface area contributed by atoms with Crippen molar-refractivity contribution < 1.29 is 0 Å². The number of anilines is 1. The highest BCUT2D eigenvalue weighted by Crippen LogP contribution is 2.27. The zero-order valence-corrected chi connectivity index (χ0v) is 13.5. The summed E-state index contributed by atoms with van der Waals surface area (Å²) in [6.07, 6.45) is 0. The van der Waals surface area contributed by atoms with Crippen LogP contribution in [0.25, 0.3) is 0 Å². The van der Waals surface area contributed by atoms with E-state index < -0.39 is 0 Å². The van der Waals surface area contributed by atoms with Crippen LogP contribution in [0, 0.1) is 6.92 Å². The molecule has 0 N–H and O–H groups in total. The van der Waals surface area contributed by atoms with Crippen LogP contribution >= 0.6 is 27.5 Å². The predicted molar refractivity (Wildman–Crippen MR) is 87.4 cm³/mol. The predicted octanol–water partition coefficient (Wildman–Crippen LogP) is 5.18. The molecule has 0 spiro atoms. The van der Waals surface area contributed by atoms with E-state index in [4.69, 9.17) is 11.6 Å². The number of benzene rings is 2. The maximum Gasteiger partial charge on any atom is 0.0428 e. The van der Waals surface area contributed by atoms with Crippen LogP contribution in [0.5, 0.6) is 0 Å². The Morgan fingerprint density at radius 3 is 2.53 bits per heavy atom. The molecule has 0 aliphatic heterocycles. The third-order valence-corrected chi connectivity index (χ3v) is 4.11. The van der Waals surface area contributed by atoms with E-state index >= 15 is 0 Å². The highest BCUT2D eigenvalue weighted by molar-refractivity contribution is 9.08. The van der Waals surface area contributed by atoms with E-state index in [-0.39, 0.29) is 0 Å². The molecule has 0 aromatic heterocycles. The lowest BCUT2D eigenvalue weighted by molar-refractivity contribution is 0.908. The maximum absolute atomic E-state index is 6.11. The monoisotopic (exact) mass is 337 g/mol. The van der Waals surface area contributed by atoms with E-state index in [9.17, 15) is 0 Å². The molecule has 0 radical (unpaired) electrons. The largest absolute Gasteiger partial charge is 0.370 e. The van der Waals surface area contributed by atoms with E-state index in [0.29, 0.717) is 0 Å². The average molecular weight is 339 g/mol. The molecule has 19 heavy (non-hydrogen) atoms. The van der Waals surface area contributed by atoms with Crippen LogP contribution in [0.15, 0.2) is 42.5 Å². The normalized spacial score (nSPS) is 10.5. The van der Waals surface area contributed by atoms with Crippen LogP contribution in [-0.2, 0) is 11.9 Å². The molecule has 0 saturated carbocycles. The van der Waals surface area contributed by atoms with Gasteiger partial charge in [0.1, 0.15) is 0 Å². The van der Waals surface area contributed by atoms with E-state index in [1.54, 1.807) is 0 Å². The Balaban J connectivity index is 2.27. The molecule has 3 heteroatoms. The molecule has 1 nitrogen and oxygen atoms in total. The smallest absolute Gasteiger partial charge is 0.0428 e. The first-order valence-corrected chi connectivity index (χ1v) is 7.72. The number of rotatable bonds is 4. The van der Waals surface area contributed by atoms with E-state index in [1.807, 2.05) is 12.1 Å². The minimum absolute atomic E-state index is 0.774. The van der Waals surface area contributed by atoms with Gasteiger partial charge in [0.2, 0.25) is 0 Å². The van der Waals surface area contributed by atoms with Crippen molar-refractivity contribution in [2.24, 2.45) is 0 Å². The average Bonchev–Trinajstić information content (AvgIpc) is 2.41. The summed E-state index contributed by atoms with van der Waals surface area (Å²) in [5.74, 6) is 0. The fourth-order valence-corrected chi connectivity index (χ4v) is 2.77. The minimum atomic E-state index is 0.774. The van der Waals surface area contributed by atoms with Crippen molar-refractivity contribution in [1.29, 1.82) is 0 Å². The Kier molecular flexibility index (Phi) is 4.89. The lowest BCUT2D eigenvalue weighted by Gasteiger charge is -2.23. The molecule has 100 valence electrons.